The van der Waals surface area contributed by atoms with Crippen molar-refractivity contribution in [1.29, 1.82) is 0 Å². The van der Waals surface area contributed by atoms with Crippen LogP contribution >= 0.6 is 7.14 Å². The molecule has 0 N–H and O–H groups in total. The highest BCUT2D eigenvalue weighted by atomic mass is 31.2. The molecular formula is C55H38N3OP. The highest BCUT2D eigenvalue weighted by Gasteiger charge is 2.29. The van der Waals surface area contributed by atoms with Gasteiger partial charge < -0.3 is 4.57 Å². The molecule has 1 aromatic heterocycles. The van der Waals surface area contributed by atoms with Crippen LogP contribution in [0.1, 0.15) is 0 Å². The van der Waals surface area contributed by atoms with E-state index < -0.39 is 7.14 Å². The summed E-state index contributed by atoms with van der Waals surface area (Å²) in [5, 5.41) is 4.77. The molecule has 0 spiro atoms. The summed E-state index contributed by atoms with van der Waals surface area (Å²) < 4.78 is 15.0. The van der Waals surface area contributed by atoms with Crippen LogP contribution in [-0.4, -0.2) is 15.0 Å². The SMILES string of the molecule is O=P(c1ccccc1)(c1ccccc1)c1ccc(-c2ccc3cccc(-c4ccc(-c5nc(-c6ccccc6)nc(-c6ccc(-c7ccccc7)cc6)n5)cc4)c3c2)cc1. The molecule has 0 atom stereocenters. The topological polar surface area (TPSA) is 55.7 Å². The molecular weight excluding hydrogens is 750 g/mol. The first-order valence-corrected chi connectivity index (χ1v) is 21.7. The smallest absolute Gasteiger partial charge is 0.171 e. The minimum atomic E-state index is -3.06. The molecule has 10 rings (SSSR count). The summed E-state index contributed by atoms with van der Waals surface area (Å²) in [5.74, 6) is 1.87. The number of nitrogens with zero attached hydrogens (tertiary/aromatic N) is 3. The summed E-state index contributed by atoms with van der Waals surface area (Å²) in [6.45, 7) is 0. The lowest BCUT2D eigenvalue weighted by Gasteiger charge is -2.20. The van der Waals surface area contributed by atoms with Crippen LogP contribution in [0.5, 0.6) is 0 Å². The maximum absolute atomic E-state index is 15.0. The molecule has 0 aliphatic rings. The lowest BCUT2D eigenvalue weighted by Crippen LogP contribution is -2.24. The summed E-state index contributed by atoms with van der Waals surface area (Å²) in [4.78, 5) is 14.9. The molecule has 0 radical (unpaired) electrons. The molecule has 4 nitrogen and oxygen atoms in total. The van der Waals surface area contributed by atoms with E-state index in [1.807, 2.05) is 109 Å². The molecule has 0 unspecified atom stereocenters. The predicted molar refractivity (Wildman–Crippen MR) is 249 cm³/mol. The van der Waals surface area contributed by atoms with Gasteiger partial charge in [-0.1, -0.05) is 224 Å². The Kier molecular flexibility index (Phi) is 9.83. The Morgan fingerprint density at radius 2 is 0.650 bits per heavy atom. The van der Waals surface area contributed by atoms with Gasteiger partial charge in [0, 0.05) is 32.6 Å². The molecule has 60 heavy (non-hydrogen) atoms. The van der Waals surface area contributed by atoms with Gasteiger partial charge in [0.15, 0.2) is 24.6 Å². The summed E-state index contributed by atoms with van der Waals surface area (Å²) in [6, 6.07) is 78.2. The third-order valence-corrected chi connectivity index (χ3v) is 14.1. The van der Waals surface area contributed by atoms with E-state index in [4.69, 9.17) is 15.0 Å². The Hall–Kier alpha value is -7.52. The van der Waals surface area contributed by atoms with Crippen LogP contribution < -0.4 is 15.9 Å². The third kappa shape index (κ3) is 7.15. The van der Waals surface area contributed by atoms with Gasteiger partial charge in [0.2, 0.25) is 0 Å². The molecule has 0 saturated carbocycles. The summed E-state index contributed by atoms with van der Waals surface area (Å²) >= 11 is 0. The molecule has 0 fully saturated rings. The molecule has 5 heteroatoms. The first-order valence-electron chi connectivity index (χ1n) is 20.0. The Balaban J connectivity index is 0.980. The molecule has 10 aromatic rings. The molecule has 0 saturated heterocycles. The van der Waals surface area contributed by atoms with Crippen molar-refractivity contribution < 1.29 is 4.57 Å². The van der Waals surface area contributed by atoms with Crippen molar-refractivity contribution in [3.05, 3.63) is 231 Å². The van der Waals surface area contributed by atoms with Gasteiger partial charge in [0.05, 0.1) is 0 Å². The number of fused-ring (bicyclic) bond motifs is 1. The number of benzene rings is 9. The van der Waals surface area contributed by atoms with Gasteiger partial charge in [-0.25, -0.2) is 15.0 Å². The monoisotopic (exact) mass is 787 g/mol. The van der Waals surface area contributed by atoms with Crippen LogP contribution in [0.2, 0.25) is 0 Å². The molecule has 284 valence electrons. The average Bonchev–Trinajstić information content (AvgIpc) is 3.34. The van der Waals surface area contributed by atoms with Crippen LogP contribution in [0.15, 0.2) is 231 Å². The lowest BCUT2D eigenvalue weighted by atomic mass is 9.94. The number of hydrogen-bond donors (Lipinski definition) is 0. The highest BCUT2D eigenvalue weighted by molar-refractivity contribution is 7.85. The fourth-order valence-corrected chi connectivity index (χ4v) is 10.5. The van der Waals surface area contributed by atoms with Crippen LogP contribution in [0.25, 0.3) is 78.3 Å². The fourth-order valence-electron chi connectivity index (χ4n) is 7.88. The van der Waals surface area contributed by atoms with Crippen LogP contribution in [0.3, 0.4) is 0 Å². The second-order valence-electron chi connectivity index (χ2n) is 14.8. The maximum atomic E-state index is 15.0. The van der Waals surface area contributed by atoms with Crippen molar-refractivity contribution in [1.82, 2.24) is 15.0 Å². The maximum Gasteiger partial charge on any atom is 0.171 e. The zero-order chi connectivity index (χ0) is 40.3. The Morgan fingerprint density at radius 3 is 1.18 bits per heavy atom. The normalized spacial score (nSPS) is 11.4. The minimum absolute atomic E-state index is 0.616. The zero-order valence-corrected chi connectivity index (χ0v) is 33.5. The largest absolute Gasteiger partial charge is 0.309 e. The molecule has 0 amide bonds. The first kappa shape index (κ1) is 36.8. The number of rotatable bonds is 9. The van der Waals surface area contributed by atoms with Crippen LogP contribution in [-0.2, 0) is 4.57 Å². The summed E-state index contributed by atoms with van der Waals surface area (Å²) in [7, 11) is -3.06. The first-order chi connectivity index (χ1) is 29.6. The van der Waals surface area contributed by atoms with Gasteiger partial charge in [0.25, 0.3) is 0 Å². The van der Waals surface area contributed by atoms with E-state index in [9.17, 15) is 4.57 Å². The van der Waals surface area contributed by atoms with E-state index in [1.165, 1.54) is 0 Å². The van der Waals surface area contributed by atoms with Crippen molar-refractivity contribution in [3.8, 4) is 67.5 Å². The lowest BCUT2D eigenvalue weighted by molar-refractivity contribution is 0.592. The van der Waals surface area contributed by atoms with E-state index in [0.29, 0.717) is 17.5 Å². The second kappa shape index (κ2) is 16.0. The van der Waals surface area contributed by atoms with Crippen LogP contribution in [0.4, 0.5) is 0 Å². The van der Waals surface area contributed by atoms with Gasteiger partial charge in [-0.2, -0.15) is 0 Å². The van der Waals surface area contributed by atoms with Crippen molar-refractivity contribution in [2.75, 3.05) is 0 Å². The van der Waals surface area contributed by atoms with Crippen molar-refractivity contribution >= 4 is 33.8 Å². The van der Waals surface area contributed by atoms with Gasteiger partial charge in [-0.15, -0.1) is 0 Å². The standard InChI is InChI=1S/C55H38N3OP/c59-60(48-19-9-3-10-20-48,49-21-11-4-12-22-49)50-36-34-41(35-37-50)47-33-28-42-18-13-23-51(52(42)38-47)43-26-31-46(32-27-43)55-57-53(44-16-7-2-8-17-44)56-54(58-55)45-29-24-40(25-30-45)39-14-5-1-6-15-39/h1-38H. The molecule has 0 aliphatic heterocycles. The van der Waals surface area contributed by atoms with E-state index in [-0.39, 0.29) is 0 Å². The molecule has 0 bridgehead atoms. The van der Waals surface area contributed by atoms with Crippen molar-refractivity contribution in [3.63, 3.8) is 0 Å². The number of hydrogen-bond acceptors (Lipinski definition) is 4. The average molecular weight is 788 g/mol. The fraction of sp³-hybridized carbons (Fsp3) is 0. The zero-order valence-electron chi connectivity index (χ0n) is 32.6. The minimum Gasteiger partial charge on any atom is -0.309 e. The van der Waals surface area contributed by atoms with E-state index in [1.54, 1.807) is 0 Å². The molecule has 9 aromatic carbocycles. The van der Waals surface area contributed by atoms with Gasteiger partial charge in [-0.05, 0) is 50.2 Å². The highest BCUT2D eigenvalue weighted by Crippen LogP contribution is 2.43. The predicted octanol–water partition coefficient (Wildman–Crippen LogP) is 12.7. The second-order valence-corrected chi connectivity index (χ2v) is 17.5. The Labute approximate surface area is 350 Å². The van der Waals surface area contributed by atoms with Crippen molar-refractivity contribution in [2.45, 2.75) is 0 Å². The molecule has 0 aliphatic carbocycles. The Morgan fingerprint density at radius 1 is 0.283 bits per heavy atom. The van der Waals surface area contributed by atoms with Gasteiger partial charge in [-0.3, -0.25) is 0 Å². The van der Waals surface area contributed by atoms with Crippen molar-refractivity contribution in [2.24, 2.45) is 0 Å². The van der Waals surface area contributed by atoms with E-state index in [2.05, 4.69) is 121 Å². The van der Waals surface area contributed by atoms with Gasteiger partial charge >= 0.3 is 0 Å². The Bertz CT molecular complexity index is 3080. The van der Waals surface area contributed by atoms with E-state index >= 15 is 0 Å². The summed E-state index contributed by atoms with van der Waals surface area (Å²) in [5.41, 5.74) is 9.45. The number of aromatic nitrogens is 3. The summed E-state index contributed by atoms with van der Waals surface area (Å²) in [6.07, 6.45) is 0. The van der Waals surface area contributed by atoms with Gasteiger partial charge in [0.1, 0.15) is 0 Å². The molecule has 1 heterocycles. The third-order valence-electron chi connectivity index (χ3n) is 11.1. The van der Waals surface area contributed by atoms with Crippen LogP contribution in [0, 0.1) is 0 Å². The van der Waals surface area contributed by atoms with E-state index in [0.717, 1.165) is 76.8 Å². The quantitative estimate of drug-likeness (QED) is 0.137.